The van der Waals surface area contributed by atoms with Gasteiger partial charge in [-0.1, -0.05) is 11.6 Å². The zero-order chi connectivity index (χ0) is 17.6. The molecule has 0 bridgehead atoms. The lowest BCUT2D eigenvalue weighted by Gasteiger charge is -2.29. The molecule has 3 heterocycles. The first-order valence-electron chi connectivity index (χ1n) is 8.22. The van der Waals surface area contributed by atoms with E-state index >= 15 is 0 Å². The van der Waals surface area contributed by atoms with E-state index in [1.54, 1.807) is 47.4 Å². The van der Waals surface area contributed by atoms with E-state index in [9.17, 15) is 9.59 Å². The minimum absolute atomic E-state index is 0.156. The van der Waals surface area contributed by atoms with E-state index in [0.29, 0.717) is 17.4 Å². The van der Waals surface area contributed by atoms with Crippen LogP contribution in [0.3, 0.4) is 0 Å². The lowest BCUT2D eigenvalue weighted by Crippen LogP contribution is -2.44. The van der Waals surface area contributed by atoms with Crippen LogP contribution in [-0.4, -0.2) is 41.0 Å². The maximum atomic E-state index is 12.9. The molecule has 3 amide bonds. The number of carbonyl (C=O) groups is 2. The summed E-state index contributed by atoms with van der Waals surface area (Å²) in [6, 6.07) is 8.35. The SMILES string of the molecule is CC1C(=O)N(CN2CCc3sccc3C2)C(=O)N1c1ccc(Cl)cc1. The molecular formula is C18H18ClN3O2S. The summed E-state index contributed by atoms with van der Waals surface area (Å²) >= 11 is 7.70. The molecule has 2 aromatic rings. The molecule has 0 spiro atoms. The summed E-state index contributed by atoms with van der Waals surface area (Å²) in [7, 11) is 0. The molecule has 0 saturated carbocycles. The molecule has 1 atom stereocenters. The third-order valence-electron chi connectivity index (χ3n) is 4.78. The van der Waals surface area contributed by atoms with Crippen molar-refractivity contribution in [3.63, 3.8) is 0 Å². The van der Waals surface area contributed by atoms with E-state index in [1.807, 2.05) is 0 Å². The molecule has 5 nitrogen and oxygen atoms in total. The van der Waals surface area contributed by atoms with Gasteiger partial charge < -0.3 is 0 Å². The normalized spacial score (nSPS) is 21.1. The van der Waals surface area contributed by atoms with Crippen LogP contribution in [-0.2, 0) is 17.8 Å². The van der Waals surface area contributed by atoms with E-state index < -0.39 is 6.04 Å². The van der Waals surface area contributed by atoms with Crippen molar-refractivity contribution in [1.82, 2.24) is 9.80 Å². The molecule has 25 heavy (non-hydrogen) atoms. The molecular weight excluding hydrogens is 358 g/mol. The molecule has 1 unspecified atom stereocenters. The molecule has 1 fully saturated rings. The number of anilines is 1. The predicted molar refractivity (Wildman–Crippen MR) is 98.9 cm³/mol. The number of carbonyl (C=O) groups excluding carboxylic acids is 2. The number of amides is 3. The van der Waals surface area contributed by atoms with Crippen molar-refractivity contribution >= 4 is 40.6 Å². The number of hydrogen-bond acceptors (Lipinski definition) is 4. The minimum atomic E-state index is -0.504. The Morgan fingerprint density at radius 3 is 2.72 bits per heavy atom. The number of urea groups is 1. The second kappa shape index (κ2) is 6.44. The van der Waals surface area contributed by atoms with Gasteiger partial charge in [-0.05, 0) is 54.6 Å². The molecule has 0 N–H and O–H groups in total. The molecule has 0 radical (unpaired) electrons. The van der Waals surface area contributed by atoms with Crippen molar-refractivity contribution in [2.24, 2.45) is 0 Å². The van der Waals surface area contributed by atoms with Crippen LogP contribution in [0.1, 0.15) is 17.4 Å². The average Bonchev–Trinajstić information content (AvgIpc) is 3.15. The van der Waals surface area contributed by atoms with Gasteiger partial charge in [0.2, 0.25) is 0 Å². The fourth-order valence-electron chi connectivity index (χ4n) is 3.42. The second-order valence-electron chi connectivity index (χ2n) is 6.38. The maximum absolute atomic E-state index is 12.9. The summed E-state index contributed by atoms with van der Waals surface area (Å²) in [4.78, 5) is 32.0. The van der Waals surface area contributed by atoms with Crippen LogP contribution in [0.15, 0.2) is 35.7 Å². The summed E-state index contributed by atoms with van der Waals surface area (Å²) in [6.45, 7) is 3.74. The van der Waals surface area contributed by atoms with Gasteiger partial charge in [-0.3, -0.25) is 14.6 Å². The highest BCUT2D eigenvalue weighted by molar-refractivity contribution is 7.10. The Morgan fingerprint density at radius 2 is 1.96 bits per heavy atom. The highest BCUT2D eigenvalue weighted by Gasteiger charge is 2.44. The van der Waals surface area contributed by atoms with E-state index in [-0.39, 0.29) is 11.9 Å². The smallest absolute Gasteiger partial charge is 0.282 e. The number of halogens is 1. The number of fused-ring (bicyclic) bond motifs is 1. The number of imide groups is 1. The number of nitrogens with zero attached hydrogens (tertiary/aromatic N) is 3. The molecule has 2 aliphatic heterocycles. The molecule has 4 rings (SSSR count). The molecule has 1 aromatic carbocycles. The third kappa shape index (κ3) is 2.94. The largest absolute Gasteiger partial charge is 0.333 e. The number of rotatable bonds is 3. The van der Waals surface area contributed by atoms with Crippen molar-refractivity contribution in [3.8, 4) is 0 Å². The number of thiophene rings is 1. The first-order chi connectivity index (χ1) is 12.0. The zero-order valence-corrected chi connectivity index (χ0v) is 15.4. The summed E-state index contributed by atoms with van der Waals surface area (Å²) in [5.74, 6) is -0.156. The monoisotopic (exact) mass is 375 g/mol. The molecule has 130 valence electrons. The summed E-state index contributed by atoms with van der Waals surface area (Å²) in [5, 5.41) is 2.70. The lowest BCUT2D eigenvalue weighted by molar-refractivity contribution is -0.128. The summed E-state index contributed by atoms with van der Waals surface area (Å²) in [6.07, 6.45) is 0.972. The van der Waals surface area contributed by atoms with Crippen molar-refractivity contribution in [1.29, 1.82) is 0 Å². The van der Waals surface area contributed by atoms with Crippen LogP contribution >= 0.6 is 22.9 Å². The van der Waals surface area contributed by atoms with Gasteiger partial charge in [0, 0.05) is 28.7 Å². The Labute approximate surface area is 155 Å². The molecule has 7 heteroatoms. The van der Waals surface area contributed by atoms with Gasteiger partial charge >= 0.3 is 6.03 Å². The standard InChI is InChI=1S/C18H18ClN3O2S/c1-12-17(23)21(11-20-8-6-16-13(10-20)7-9-25-16)18(24)22(12)15-4-2-14(19)3-5-15/h2-5,7,9,12H,6,8,10-11H2,1H3. The minimum Gasteiger partial charge on any atom is -0.282 e. The van der Waals surface area contributed by atoms with Crippen LogP contribution in [0, 0.1) is 0 Å². The van der Waals surface area contributed by atoms with Crippen molar-refractivity contribution in [3.05, 3.63) is 51.2 Å². The fourth-order valence-corrected chi connectivity index (χ4v) is 4.44. The zero-order valence-electron chi connectivity index (χ0n) is 13.8. The fraction of sp³-hybridized carbons (Fsp3) is 0.333. The lowest BCUT2D eigenvalue weighted by atomic mass is 10.1. The first-order valence-corrected chi connectivity index (χ1v) is 9.48. The van der Waals surface area contributed by atoms with Crippen LogP contribution in [0.2, 0.25) is 5.02 Å². The summed E-state index contributed by atoms with van der Waals surface area (Å²) < 4.78 is 0. The third-order valence-corrected chi connectivity index (χ3v) is 6.06. The van der Waals surface area contributed by atoms with Gasteiger partial charge in [0.25, 0.3) is 5.91 Å². The van der Waals surface area contributed by atoms with Crippen LogP contribution in [0.5, 0.6) is 0 Å². The van der Waals surface area contributed by atoms with Gasteiger partial charge in [-0.15, -0.1) is 11.3 Å². The maximum Gasteiger partial charge on any atom is 0.333 e. The van der Waals surface area contributed by atoms with Crippen LogP contribution in [0.4, 0.5) is 10.5 Å². The predicted octanol–water partition coefficient (Wildman–Crippen LogP) is 3.57. The quantitative estimate of drug-likeness (QED) is 0.770. The second-order valence-corrected chi connectivity index (χ2v) is 7.82. The van der Waals surface area contributed by atoms with E-state index in [1.165, 1.54) is 15.3 Å². The highest BCUT2D eigenvalue weighted by Crippen LogP contribution is 2.29. The highest BCUT2D eigenvalue weighted by atomic mass is 35.5. The van der Waals surface area contributed by atoms with Gasteiger partial charge in [0.1, 0.15) is 6.04 Å². The Bertz CT molecular complexity index is 820. The molecule has 2 aliphatic rings. The molecule has 0 aliphatic carbocycles. The van der Waals surface area contributed by atoms with E-state index in [0.717, 1.165) is 19.5 Å². The van der Waals surface area contributed by atoms with E-state index in [4.69, 9.17) is 11.6 Å². The van der Waals surface area contributed by atoms with Gasteiger partial charge in [-0.25, -0.2) is 9.69 Å². The molecule has 1 aromatic heterocycles. The van der Waals surface area contributed by atoms with Gasteiger partial charge in [0.05, 0.1) is 6.67 Å². The Balaban J connectivity index is 1.52. The number of hydrogen-bond donors (Lipinski definition) is 0. The first kappa shape index (κ1) is 16.6. The van der Waals surface area contributed by atoms with Gasteiger partial charge in [-0.2, -0.15) is 0 Å². The molecule has 1 saturated heterocycles. The van der Waals surface area contributed by atoms with Crippen molar-refractivity contribution < 1.29 is 9.59 Å². The Kier molecular flexibility index (Phi) is 4.27. The van der Waals surface area contributed by atoms with Crippen LogP contribution < -0.4 is 4.90 Å². The van der Waals surface area contributed by atoms with Crippen molar-refractivity contribution in [2.75, 3.05) is 18.1 Å². The van der Waals surface area contributed by atoms with Crippen LogP contribution in [0.25, 0.3) is 0 Å². The number of benzene rings is 1. The Hall–Kier alpha value is -1.89. The summed E-state index contributed by atoms with van der Waals surface area (Å²) in [5.41, 5.74) is 1.99. The average molecular weight is 376 g/mol. The Morgan fingerprint density at radius 1 is 1.20 bits per heavy atom. The van der Waals surface area contributed by atoms with Gasteiger partial charge in [0.15, 0.2) is 0 Å². The topological polar surface area (TPSA) is 43.9 Å². The van der Waals surface area contributed by atoms with Crippen molar-refractivity contribution in [2.45, 2.75) is 25.9 Å². The van der Waals surface area contributed by atoms with E-state index in [2.05, 4.69) is 16.3 Å².